The van der Waals surface area contributed by atoms with Crippen LogP contribution in [0.5, 0.6) is 0 Å². The van der Waals surface area contributed by atoms with Crippen molar-refractivity contribution in [2.45, 2.75) is 50.1 Å². The highest BCUT2D eigenvalue weighted by atomic mass is 35.5. The van der Waals surface area contributed by atoms with E-state index in [0.29, 0.717) is 24.4 Å². The molecule has 0 saturated carbocycles. The predicted molar refractivity (Wildman–Crippen MR) is 111 cm³/mol. The van der Waals surface area contributed by atoms with Crippen molar-refractivity contribution >= 4 is 27.5 Å². The van der Waals surface area contributed by atoms with Crippen LogP contribution in [0.3, 0.4) is 0 Å². The number of hydrogen-bond donors (Lipinski definition) is 1. The van der Waals surface area contributed by atoms with Gasteiger partial charge in [0.05, 0.1) is 10.9 Å². The molecule has 1 aliphatic rings. The van der Waals surface area contributed by atoms with E-state index in [1.165, 1.54) is 16.4 Å². The van der Waals surface area contributed by atoms with Gasteiger partial charge in [0.2, 0.25) is 15.9 Å². The van der Waals surface area contributed by atoms with E-state index in [1.54, 1.807) is 12.1 Å². The van der Waals surface area contributed by atoms with Crippen molar-refractivity contribution in [1.29, 1.82) is 0 Å². The molecule has 0 bridgehead atoms. The summed E-state index contributed by atoms with van der Waals surface area (Å²) in [5.74, 6) is -0.248. The molecule has 2 atom stereocenters. The van der Waals surface area contributed by atoms with Crippen LogP contribution in [0.2, 0.25) is 5.02 Å². The van der Waals surface area contributed by atoms with Gasteiger partial charge in [-0.15, -0.1) is 0 Å². The lowest BCUT2D eigenvalue weighted by molar-refractivity contribution is -0.125. The smallest absolute Gasteiger partial charge is 0.243 e. The number of halogens is 1. The van der Waals surface area contributed by atoms with Crippen LogP contribution >= 0.6 is 11.6 Å². The molecule has 7 heteroatoms. The van der Waals surface area contributed by atoms with E-state index in [4.69, 9.17) is 11.6 Å². The minimum atomic E-state index is -3.75. The number of rotatable bonds is 6. The minimum Gasteiger partial charge on any atom is -0.348 e. The molecule has 5 nitrogen and oxygen atoms in total. The summed E-state index contributed by atoms with van der Waals surface area (Å²) >= 11 is 5.87. The van der Waals surface area contributed by atoms with E-state index in [0.717, 1.165) is 17.5 Å². The molecule has 0 unspecified atom stereocenters. The Balaban J connectivity index is 1.78. The quantitative estimate of drug-likeness (QED) is 0.765. The Morgan fingerprint density at radius 1 is 1.18 bits per heavy atom. The summed E-state index contributed by atoms with van der Waals surface area (Å²) in [6.07, 6.45) is 1.90. The van der Waals surface area contributed by atoms with Gasteiger partial charge >= 0.3 is 0 Å². The van der Waals surface area contributed by atoms with Crippen molar-refractivity contribution in [3.63, 3.8) is 0 Å². The Labute approximate surface area is 171 Å². The number of carbonyl (C=O) groups is 1. The number of aryl methyl sites for hydroxylation is 1. The fraction of sp³-hybridized carbons (Fsp3) is 0.381. The third-order valence-electron chi connectivity index (χ3n) is 5.13. The molecule has 1 saturated heterocycles. The SMILES string of the molecule is CC[C@@H](NC(=O)[C@H]1CCCN1S(=O)(=O)c1ccc(Cl)cc1)c1ccc(C)cc1. The van der Waals surface area contributed by atoms with Crippen molar-refractivity contribution in [1.82, 2.24) is 9.62 Å². The monoisotopic (exact) mass is 420 g/mol. The molecule has 0 aromatic heterocycles. The summed E-state index contributed by atoms with van der Waals surface area (Å²) in [6, 6.07) is 13.2. The van der Waals surface area contributed by atoms with Crippen LogP contribution in [-0.4, -0.2) is 31.2 Å². The molecule has 0 radical (unpaired) electrons. The Morgan fingerprint density at radius 3 is 2.43 bits per heavy atom. The van der Waals surface area contributed by atoms with Gasteiger partial charge in [0.1, 0.15) is 6.04 Å². The fourth-order valence-corrected chi connectivity index (χ4v) is 5.30. The van der Waals surface area contributed by atoms with Crippen molar-refractivity contribution in [3.05, 3.63) is 64.7 Å². The Hall–Kier alpha value is -1.89. The second kappa shape index (κ2) is 8.64. The average molecular weight is 421 g/mol. The van der Waals surface area contributed by atoms with Gasteiger partial charge in [0, 0.05) is 11.6 Å². The van der Waals surface area contributed by atoms with E-state index >= 15 is 0 Å². The van der Waals surface area contributed by atoms with Gasteiger partial charge in [0.25, 0.3) is 0 Å². The van der Waals surface area contributed by atoms with E-state index in [-0.39, 0.29) is 16.8 Å². The average Bonchev–Trinajstić information content (AvgIpc) is 3.18. The standard InChI is InChI=1S/C21H25ClN2O3S/c1-3-19(16-8-6-15(2)7-9-16)23-21(25)20-5-4-14-24(20)28(26,27)18-12-10-17(22)11-13-18/h6-13,19-20H,3-5,14H2,1-2H3,(H,23,25)/t19-,20-/m1/s1. The van der Waals surface area contributed by atoms with Crippen molar-refractivity contribution in [2.75, 3.05) is 6.54 Å². The molecule has 3 rings (SSSR count). The topological polar surface area (TPSA) is 66.5 Å². The maximum Gasteiger partial charge on any atom is 0.243 e. The fourth-order valence-electron chi connectivity index (χ4n) is 3.52. The number of sulfonamides is 1. The van der Waals surface area contributed by atoms with E-state index in [1.807, 2.05) is 38.1 Å². The highest BCUT2D eigenvalue weighted by Crippen LogP contribution is 2.28. The number of nitrogens with zero attached hydrogens (tertiary/aromatic N) is 1. The van der Waals surface area contributed by atoms with Crippen molar-refractivity contribution in [3.8, 4) is 0 Å². The third kappa shape index (κ3) is 4.40. The first-order valence-corrected chi connectivity index (χ1v) is 11.3. The normalized spacial score (nSPS) is 18.8. The minimum absolute atomic E-state index is 0.145. The molecule has 150 valence electrons. The van der Waals surface area contributed by atoms with Gasteiger partial charge in [-0.25, -0.2) is 8.42 Å². The van der Waals surface area contributed by atoms with Gasteiger partial charge in [0.15, 0.2) is 0 Å². The van der Waals surface area contributed by atoms with Crippen LogP contribution in [0.15, 0.2) is 53.4 Å². The molecule has 2 aromatic carbocycles. The number of nitrogens with one attached hydrogen (secondary N) is 1. The molecule has 1 aliphatic heterocycles. The highest BCUT2D eigenvalue weighted by molar-refractivity contribution is 7.89. The summed E-state index contributed by atoms with van der Waals surface area (Å²) < 4.78 is 27.4. The van der Waals surface area contributed by atoms with Crippen molar-refractivity contribution in [2.24, 2.45) is 0 Å². The van der Waals surface area contributed by atoms with E-state index in [9.17, 15) is 13.2 Å². The number of amides is 1. The first kappa shape index (κ1) is 20.8. The van der Waals surface area contributed by atoms with Crippen LogP contribution in [0.1, 0.15) is 43.4 Å². The van der Waals surface area contributed by atoms with Gasteiger partial charge in [-0.2, -0.15) is 4.31 Å². The summed E-state index contributed by atoms with van der Waals surface area (Å²) in [5.41, 5.74) is 2.17. The molecule has 1 amide bonds. The van der Waals surface area contributed by atoms with E-state index in [2.05, 4.69) is 5.32 Å². The third-order valence-corrected chi connectivity index (χ3v) is 7.31. The van der Waals surface area contributed by atoms with Gasteiger partial charge in [-0.05, 0) is 56.0 Å². The zero-order valence-corrected chi connectivity index (χ0v) is 17.6. The van der Waals surface area contributed by atoms with Crippen LogP contribution in [0, 0.1) is 6.92 Å². The largest absolute Gasteiger partial charge is 0.348 e. The second-order valence-corrected chi connectivity index (χ2v) is 9.43. The molecule has 0 spiro atoms. The summed E-state index contributed by atoms with van der Waals surface area (Å²) in [7, 11) is -3.75. The lowest BCUT2D eigenvalue weighted by Crippen LogP contribution is -2.46. The van der Waals surface area contributed by atoms with Crippen LogP contribution in [0.4, 0.5) is 0 Å². The molecule has 2 aromatic rings. The summed E-state index contributed by atoms with van der Waals surface area (Å²) in [6.45, 7) is 4.35. The zero-order valence-electron chi connectivity index (χ0n) is 16.1. The highest BCUT2D eigenvalue weighted by Gasteiger charge is 2.39. The maximum atomic E-state index is 13.0. The Bertz CT molecular complexity index is 927. The molecular weight excluding hydrogens is 396 g/mol. The summed E-state index contributed by atoms with van der Waals surface area (Å²) in [5, 5.41) is 3.51. The Kier molecular flexibility index (Phi) is 6.43. The first-order chi connectivity index (χ1) is 13.3. The summed E-state index contributed by atoms with van der Waals surface area (Å²) in [4.78, 5) is 13.1. The lowest BCUT2D eigenvalue weighted by atomic mass is 10.0. The number of hydrogen-bond acceptors (Lipinski definition) is 3. The predicted octanol–water partition coefficient (Wildman–Crippen LogP) is 4.07. The Morgan fingerprint density at radius 2 is 1.82 bits per heavy atom. The van der Waals surface area contributed by atoms with E-state index < -0.39 is 16.1 Å². The maximum absolute atomic E-state index is 13.0. The zero-order chi connectivity index (χ0) is 20.3. The number of carbonyl (C=O) groups excluding carboxylic acids is 1. The van der Waals surface area contributed by atoms with Crippen molar-refractivity contribution < 1.29 is 13.2 Å². The lowest BCUT2D eigenvalue weighted by Gasteiger charge is -2.26. The molecule has 28 heavy (non-hydrogen) atoms. The van der Waals surface area contributed by atoms with Gasteiger partial charge in [-0.3, -0.25) is 4.79 Å². The van der Waals surface area contributed by atoms with Gasteiger partial charge in [-0.1, -0.05) is 48.4 Å². The van der Waals surface area contributed by atoms with Crippen LogP contribution in [0.25, 0.3) is 0 Å². The van der Waals surface area contributed by atoms with Crippen LogP contribution in [-0.2, 0) is 14.8 Å². The molecule has 1 fully saturated rings. The molecule has 1 heterocycles. The molecule has 1 N–H and O–H groups in total. The molecular formula is C21H25ClN2O3S. The second-order valence-electron chi connectivity index (χ2n) is 7.11. The number of benzene rings is 2. The first-order valence-electron chi connectivity index (χ1n) is 9.47. The molecule has 0 aliphatic carbocycles. The van der Waals surface area contributed by atoms with Gasteiger partial charge < -0.3 is 5.32 Å². The van der Waals surface area contributed by atoms with Crippen LogP contribution < -0.4 is 5.32 Å².